The average Bonchev–Trinajstić information content (AvgIpc) is 1.70. The van der Waals surface area contributed by atoms with Crippen LogP contribution in [0.3, 0.4) is 0 Å². The number of pyridine rings is 1. The largest absolute Gasteiger partial charge is 0.508 e. The number of halogens is 3. The third-order valence-corrected chi connectivity index (χ3v) is 19.1. The van der Waals surface area contributed by atoms with E-state index >= 15 is 8.78 Å². The average molecular weight is 1180 g/mol. The fourth-order valence-electron chi connectivity index (χ4n) is 14.0. The summed E-state index contributed by atoms with van der Waals surface area (Å²) in [5.41, 5.74) is 2.38. The highest BCUT2D eigenvalue weighted by atomic mass is 35.5. The number of nitrogens with one attached hydrogen (secondary N) is 3. The molecular formula is C65H76ClF2N9O8. The van der Waals surface area contributed by atoms with Crippen LogP contribution < -0.4 is 25.6 Å². The summed E-state index contributed by atoms with van der Waals surface area (Å²) in [6, 6.07) is 18.6. The number of aromatic hydroxyl groups is 1. The lowest BCUT2D eigenvalue weighted by molar-refractivity contribution is -0.145. The number of aromatic nitrogens is 3. The number of amides is 3. The van der Waals surface area contributed by atoms with Gasteiger partial charge < -0.3 is 55.4 Å². The minimum atomic E-state index is -1.03. The number of aliphatic hydroxyl groups is 2. The van der Waals surface area contributed by atoms with Crippen molar-refractivity contribution >= 4 is 56.8 Å². The Balaban J connectivity index is 0.643. The van der Waals surface area contributed by atoms with Gasteiger partial charge in [-0.1, -0.05) is 87.8 Å². The molecule has 85 heavy (non-hydrogen) atoms. The molecule has 6 heterocycles. The molecule has 4 saturated heterocycles. The lowest BCUT2D eigenvalue weighted by Crippen LogP contribution is -2.59. The van der Waals surface area contributed by atoms with Crippen molar-refractivity contribution in [1.29, 1.82) is 0 Å². The molecule has 3 amide bonds. The molecule has 6 aliphatic rings. The molecule has 2 saturated carbocycles. The summed E-state index contributed by atoms with van der Waals surface area (Å²) in [5, 5.41) is 43.6. The van der Waals surface area contributed by atoms with Crippen LogP contribution in [0.15, 0.2) is 79.0 Å². The molecular weight excluding hydrogens is 1110 g/mol. The Morgan fingerprint density at radius 1 is 0.906 bits per heavy atom. The number of fused-ring (bicyclic) bond motifs is 4. The number of nitrogens with zero attached hydrogens (tertiary/aromatic N) is 6. The first-order valence-corrected chi connectivity index (χ1v) is 30.5. The first kappa shape index (κ1) is 58.8. The highest BCUT2D eigenvalue weighted by molar-refractivity contribution is 6.33. The van der Waals surface area contributed by atoms with Crippen LogP contribution >= 0.6 is 11.6 Å². The number of benzene rings is 4. The molecule has 1 spiro atoms. The van der Waals surface area contributed by atoms with Crippen LogP contribution in [-0.4, -0.2) is 153 Å². The zero-order chi connectivity index (χ0) is 59.5. The maximum Gasteiger partial charge on any atom is 0.319 e. The second-order valence-electron chi connectivity index (χ2n) is 26.1. The van der Waals surface area contributed by atoms with E-state index in [0.29, 0.717) is 64.2 Å². The summed E-state index contributed by atoms with van der Waals surface area (Å²) >= 11 is 6.41. The Morgan fingerprint density at radius 3 is 2.32 bits per heavy atom. The van der Waals surface area contributed by atoms with Crippen molar-refractivity contribution in [3.8, 4) is 34.1 Å². The molecule has 2 aliphatic carbocycles. The SMILES string of the molecule is CCc1c(F)ccc2cc(O)cc(-c3ncc4c(N5CC6CCC(C5)N6)nc(OCC5(CN6CC7(CCC(OCC(=O)N[C@H](C(=O)N8C[C@H](O)C[C@H]8C(=O)N[C@@H](CO)c8ccc(-c9ccccc9Cl)cc8)C(C)(C)C)CC7)C6)CC5)nc4c3F)c12. The van der Waals surface area contributed by atoms with Crippen LogP contribution in [-0.2, 0) is 25.5 Å². The van der Waals surface area contributed by atoms with E-state index in [1.54, 1.807) is 36.5 Å². The first-order chi connectivity index (χ1) is 40.8. The minimum absolute atomic E-state index is 0.00357. The zero-order valence-corrected chi connectivity index (χ0v) is 49.4. The van der Waals surface area contributed by atoms with E-state index < -0.39 is 65.6 Å². The van der Waals surface area contributed by atoms with Gasteiger partial charge in [-0.3, -0.25) is 19.4 Å². The summed E-state index contributed by atoms with van der Waals surface area (Å²) in [6.07, 6.45) is 8.40. The second kappa shape index (κ2) is 23.6. The molecule has 0 radical (unpaired) electrons. The smallest absolute Gasteiger partial charge is 0.319 e. The van der Waals surface area contributed by atoms with E-state index in [2.05, 4.69) is 30.7 Å². The molecule has 12 rings (SSSR count). The molecule has 20 heteroatoms. The molecule has 6 atom stereocenters. The highest BCUT2D eigenvalue weighted by Gasteiger charge is 2.52. The molecule has 2 unspecified atom stereocenters. The van der Waals surface area contributed by atoms with Crippen molar-refractivity contribution in [3.63, 3.8) is 0 Å². The van der Waals surface area contributed by atoms with Crippen LogP contribution in [0.1, 0.15) is 103 Å². The van der Waals surface area contributed by atoms with Gasteiger partial charge in [0.05, 0.1) is 36.8 Å². The van der Waals surface area contributed by atoms with Gasteiger partial charge in [-0.25, -0.2) is 8.78 Å². The summed E-state index contributed by atoms with van der Waals surface area (Å²) in [7, 11) is 0. The summed E-state index contributed by atoms with van der Waals surface area (Å²) < 4.78 is 45.2. The van der Waals surface area contributed by atoms with E-state index in [9.17, 15) is 29.7 Å². The van der Waals surface area contributed by atoms with Gasteiger partial charge in [0.25, 0.3) is 0 Å². The van der Waals surface area contributed by atoms with Crippen molar-refractivity contribution in [1.82, 2.24) is 40.7 Å². The molecule has 450 valence electrons. The number of piperazine rings is 1. The van der Waals surface area contributed by atoms with Crippen molar-refractivity contribution in [3.05, 3.63) is 107 Å². The van der Waals surface area contributed by atoms with Gasteiger partial charge >= 0.3 is 6.01 Å². The predicted octanol–water partition coefficient (Wildman–Crippen LogP) is 8.41. The number of hydrogen-bond donors (Lipinski definition) is 6. The molecule has 2 bridgehead atoms. The Hall–Kier alpha value is -6.61. The fraction of sp³-hybridized carbons (Fsp3) is 0.508. The number of ether oxygens (including phenoxy) is 2. The minimum Gasteiger partial charge on any atom is -0.508 e. The lowest BCUT2D eigenvalue weighted by atomic mass is 9.67. The molecule has 6 aromatic rings. The fourth-order valence-corrected chi connectivity index (χ4v) is 14.3. The van der Waals surface area contributed by atoms with E-state index in [1.807, 2.05) is 58.0 Å². The van der Waals surface area contributed by atoms with E-state index in [1.165, 1.54) is 17.0 Å². The maximum atomic E-state index is 17.3. The van der Waals surface area contributed by atoms with Crippen molar-refractivity contribution in [2.45, 2.75) is 134 Å². The van der Waals surface area contributed by atoms with E-state index in [0.717, 1.165) is 82.1 Å². The summed E-state index contributed by atoms with van der Waals surface area (Å²) in [4.78, 5) is 62.3. The Morgan fingerprint density at radius 2 is 1.64 bits per heavy atom. The van der Waals surface area contributed by atoms with Crippen LogP contribution in [0.5, 0.6) is 11.8 Å². The van der Waals surface area contributed by atoms with Crippen LogP contribution in [0.4, 0.5) is 14.6 Å². The Labute approximate surface area is 498 Å². The molecule has 17 nitrogen and oxygen atoms in total. The third-order valence-electron chi connectivity index (χ3n) is 18.8. The number of likely N-dealkylation sites (tertiary alicyclic amines) is 2. The van der Waals surface area contributed by atoms with Gasteiger partial charge in [-0.2, -0.15) is 9.97 Å². The number of phenolic OH excluding ortho intramolecular Hbond substituents is 1. The first-order valence-electron chi connectivity index (χ1n) is 30.1. The van der Waals surface area contributed by atoms with Crippen LogP contribution in [0.25, 0.3) is 44.1 Å². The topological polar surface area (TPSA) is 215 Å². The number of hydrogen-bond acceptors (Lipinski definition) is 14. The van der Waals surface area contributed by atoms with Gasteiger partial charge in [0.2, 0.25) is 17.7 Å². The standard InChI is InChI=1S/C65H76ClF2N9O8/c1-5-45-50(67)17-14-39-24-42(79)25-47(54(39)45)56-55(68)57-48(27-69-56)59(76-28-40-15-16-41(29-76)70-40)74-62(73-57)85-36-65(22-23-65)35-75-33-64(34-75)20-18-44(19-21-64)84-32-53(81)72-58(63(2,3)4)61(83)77-30-43(80)26-52(77)60(82)71-51(31-78)38-12-10-37(11-13-38)46-8-6-7-9-49(46)66/h6-14,17,24-25,27,40-41,43-44,51-52,58,70,78-80H,5,15-16,18-23,26,28-36H2,1-4H3,(H,71,82)(H,72,81)/t40?,41?,43-,51+,52+,58-/m1/s1. The number of carbonyl (C=O) groups excluding carboxylic acids is 3. The summed E-state index contributed by atoms with van der Waals surface area (Å²) in [5.74, 6) is -2.08. The Bertz CT molecular complexity index is 3500. The molecule has 4 aliphatic heterocycles. The lowest BCUT2D eigenvalue weighted by Gasteiger charge is -2.54. The van der Waals surface area contributed by atoms with Crippen molar-refractivity contribution in [2.75, 3.05) is 64.0 Å². The normalized spacial score (nSPS) is 22.6. The third kappa shape index (κ3) is 12.1. The van der Waals surface area contributed by atoms with Crippen LogP contribution in [0.2, 0.25) is 5.02 Å². The second-order valence-corrected chi connectivity index (χ2v) is 26.5. The number of aryl methyl sites for hydroxylation is 1. The van der Waals surface area contributed by atoms with E-state index in [-0.39, 0.29) is 77.1 Å². The molecule has 6 N–H and O–H groups in total. The number of aliphatic hydroxyl groups excluding tert-OH is 2. The Kier molecular flexibility index (Phi) is 16.3. The monoisotopic (exact) mass is 1180 g/mol. The molecule has 4 aromatic carbocycles. The number of phenols is 1. The number of anilines is 1. The number of β-amino-alcohol motifs (C(OH)–C–C–N with tert-alkyl or cyclic N) is 1. The quantitative estimate of drug-likeness (QED) is 0.0477. The molecule has 6 fully saturated rings. The van der Waals surface area contributed by atoms with Crippen molar-refractivity contribution < 1.29 is 48.0 Å². The number of carbonyl (C=O) groups is 3. The summed E-state index contributed by atoms with van der Waals surface area (Å²) in [6.45, 7) is 11.1. The van der Waals surface area contributed by atoms with Crippen molar-refractivity contribution in [2.24, 2.45) is 16.2 Å². The van der Waals surface area contributed by atoms with Gasteiger partial charge in [0.1, 0.15) is 47.3 Å². The van der Waals surface area contributed by atoms with Gasteiger partial charge in [-0.05, 0) is 120 Å². The zero-order valence-electron chi connectivity index (χ0n) is 48.7. The van der Waals surface area contributed by atoms with E-state index in [4.69, 9.17) is 31.0 Å². The predicted molar refractivity (Wildman–Crippen MR) is 320 cm³/mol. The number of rotatable bonds is 18. The van der Waals surface area contributed by atoms with Gasteiger partial charge in [0.15, 0.2) is 5.82 Å². The van der Waals surface area contributed by atoms with Crippen LogP contribution in [0, 0.1) is 27.9 Å². The maximum absolute atomic E-state index is 17.3. The highest BCUT2D eigenvalue weighted by Crippen LogP contribution is 2.51. The molecule has 2 aromatic heterocycles. The van der Waals surface area contributed by atoms with Gasteiger partial charge in [0, 0.05) is 85.5 Å². The van der Waals surface area contributed by atoms with Gasteiger partial charge in [-0.15, -0.1) is 0 Å².